The third-order valence-electron chi connectivity index (χ3n) is 2.15. The topological polar surface area (TPSA) is 67.8 Å². The number of oxime groups is 1. The van der Waals surface area contributed by atoms with E-state index in [-0.39, 0.29) is 5.84 Å². The fourth-order valence-corrected chi connectivity index (χ4v) is 1.28. The Kier molecular flexibility index (Phi) is 4.17. The Hall–Kier alpha value is -1.71. The Morgan fingerprint density at radius 3 is 2.69 bits per heavy atom. The first-order valence-corrected chi connectivity index (χ1v) is 5.26. The molecule has 1 aromatic carbocycles. The molecule has 4 heteroatoms. The first-order chi connectivity index (χ1) is 7.54. The lowest BCUT2D eigenvalue weighted by Crippen LogP contribution is -2.13. The van der Waals surface area contributed by atoms with Gasteiger partial charge in [0.2, 0.25) is 0 Å². The molecule has 88 valence electrons. The van der Waals surface area contributed by atoms with Gasteiger partial charge in [-0.25, -0.2) is 0 Å². The number of aryl methyl sites for hydroxylation is 1. The Bertz CT molecular complexity index is 387. The summed E-state index contributed by atoms with van der Waals surface area (Å²) in [6.07, 6.45) is 0. The van der Waals surface area contributed by atoms with Crippen LogP contribution in [0.4, 0.5) is 0 Å². The number of ether oxygens (including phenoxy) is 1. The highest BCUT2D eigenvalue weighted by atomic mass is 16.5. The summed E-state index contributed by atoms with van der Waals surface area (Å²) in [7, 11) is 0. The predicted molar refractivity (Wildman–Crippen MR) is 64.0 cm³/mol. The van der Waals surface area contributed by atoms with Crippen molar-refractivity contribution in [1.82, 2.24) is 0 Å². The van der Waals surface area contributed by atoms with E-state index in [4.69, 9.17) is 15.7 Å². The number of benzene rings is 1. The van der Waals surface area contributed by atoms with Gasteiger partial charge in [-0.15, -0.1) is 0 Å². The van der Waals surface area contributed by atoms with Gasteiger partial charge in [-0.3, -0.25) is 0 Å². The highest BCUT2D eigenvalue weighted by Crippen LogP contribution is 2.19. The van der Waals surface area contributed by atoms with Gasteiger partial charge in [0.15, 0.2) is 5.84 Å². The molecular weight excluding hydrogens is 204 g/mol. The van der Waals surface area contributed by atoms with Crippen molar-refractivity contribution in [3.8, 4) is 5.75 Å². The van der Waals surface area contributed by atoms with Gasteiger partial charge in [0, 0.05) is 5.56 Å². The lowest BCUT2D eigenvalue weighted by Gasteiger charge is -2.11. The molecule has 0 saturated carbocycles. The minimum absolute atomic E-state index is 0.110. The molecule has 3 N–H and O–H groups in total. The third-order valence-corrected chi connectivity index (χ3v) is 2.15. The van der Waals surface area contributed by atoms with Gasteiger partial charge in [-0.2, -0.15) is 0 Å². The van der Waals surface area contributed by atoms with Gasteiger partial charge in [0.05, 0.1) is 6.61 Å². The largest absolute Gasteiger partial charge is 0.493 e. The van der Waals surface area contributed by atoms with E-state index in [1.165, 1.54) is 0 Å². The Morgan fingerprint density at radius 1 is 1.50 bits per heavy atom. The number of rotatable bonds is 4. The highest BCUT2D eigenvalue weighted by Gasteiger charge is 2.05. The molecule has 0 bridgehead atoms. The van der Waals surface area contributed by atoms with E-state index in [9.17, 15) is 0 Å². The van der Waals surface area contributed by atoms with Crippen molar-refractivity contribution in [3.05, 3.63) is 29.3 Å². The smallest absolute Gasteiger partial charge is 0.170 e. The van der Waals surface area contributed by atoms with Crippen molar-refractivity contribution in [3.63, 3.8) is 0 Å². The lowest BCUT2D eigenvalue weighted by molar-refractivity contribution is 0.269. The van der Waals surface area contributed by atoms with Crippen molar-refractivity contribution in [1.29, 1.82) is 0 Å². The zero-order valence-electron chi connectivity index (χ0n) is 9.90. The molecule has 0 heterocycles. The normalized spacial score (nSPS) is 11.9. The molecule has 0 aliphatic carbocycles. The minimum Gasteiger partial charge on any atom is -0.493 e. The zero-order chi connectivity index (χ0) is 12.1. The van der Waals surface area contributed by atoms with Crippen LogP contribution < -0.4 is 10.5 Å². The van der Waals surface area contributed by atoms with E-state index in [0.29, 0.717) is 18.1 Å². The summed E-state index contributed by atoms with van der Waals surface area (Å²) in [5, 5.41) is 11.5. The van der Waals surface area contributed by atoms with Crippen LogP contribution in [0.1, 0.15) is 25.0 Å². The maximum absolute atomic E-state index is 8.56. The van der Waals surface area contributed by atoms with Crippen molar-refractivity contribution in [2.75, 3.05) is 6.61 Å². The molecule has 0 aliphatic heterocycles. The molecule has 0 amide bonds. The Morgan fingerprint density at radius 2 is 2.19 bits per heavy atom. The summed E-state index contributed by atoms with van der Waals surface area (Å²) in [6.45, 7) is 6.81. The molecule has 0 unspecified atom stereocenters. The number of hydrogen-bond acceptors (Lipinski definition) is 3. The second kappa shape index (κ2) is 5.39. The van der Waals surface area contributed by atoms with Crippen LogP contribution in [-0.4, -0.2) is 17.6 Å². The van der Waals surface area contributed by atoms with Gasteiger partial charge in [-0.05, 0) is 36.6 Å². The molecule has 0 radical (unpaired) electrons. The number of nitrogens with two attached hydrogens (primary N) is 1. The summed E-state index contributed by atoms with van der Waals surface area (Å²) in [5.74, 6) is 1.44. The van der Waals surface area contributed by atoms with E-state index < -0.39 is 0 Å². The standard InChI is InChI=1S/C12H18N2O2/c1-8(2)7-16-11-5-4-10(6-9(11)3)12(13)14-15/h4-6,8,15H,7H2,1-3H3,(H2,13,14). The van der Waals surface area contributed by atoms with Crippen LogP contribution in [0.5, 0.6) is 5.75 Å². The second-order valence-corrected chi connectivity index (χ2v) is 4.17. The average Bonchev–Trinajstić information content (AvgIpc) is 2.26. The van der Waals surface area contributed by atoms with E-state index in [0.717, 1.165) is 11.3 Å². The summed E-state index contributed by atoms with van der Waals surface area (Å²) in [4.78, 5) is 0. The first-order valence-electron chi connectivity index (χ1n) is 5.26. The van der Waals surface area contributed by atoms with E-state index >= 15 is 0 Å². The van der Waals surface area contributed by atoms with Crippen molar-refractivity contribution >= 4 is 5.84 Å². The fourth-order valence-electron chi connectivity index (χ4n) is 1.28. The molecular formula is C12H18N2O2. The van der Waals surface area contributed by atoms with Gasteiger partial charge in [-0.1, -0.05) is 19.0 Å². The summed E-state index contributed by atoms with van der Waals surface area (Å²) in [5.41, 5.74) is 7.16. The van der Waals surface area contributed by atoms with Crippen LogP contribution in [0.2, 0.25) is 0 Å². The molecule has 1 aromatic rings. The average molecular weight is 222 g/mol. The summed E-state index contributed by atoms with van der Waals surface area (Å²) >= 11 is 0. The van der Waals surface area contributed by atoms with Crippen molar-refractivity contribution < 1.29 is 9.94 Å². The molecule has 1 rings (SSSR count). The van der Waals surface area contributed by atoms with Crippen LogP contribution in [0.15, 0.2) is 23.4 Å². The Labute approximate surface area is 95.7 Å². The van der Waals surface area contributed by atoms with Crippen molar-refractivity contribution in [2.45, 2.75) is 20.8 Å². The van der Waals surface area contributed by atoms with Gasteiger partial charge < -0.3 is 15.7 Å². The molecule has 16 heavy (non-hydrogen) atoms. The van der Waals surface area contributed by atoms with E-state index in [1.54, 1.807) is 6.07 Å². The number of hydrogen-bond donors (Lipinski definition) is 2. The van der Waals surface area contributed by atoms with E-state index in [2.05, 4.69) is 19.0 Å². The molecule has 4 nitrogen and oxygen atoms in total. The van der Waals surface area contributed by atoms with Crippen LogP contribution in [0, 0.1) is 12.8 Å². The van der Waals surface area contributed by atoms with Gasteiger partial charge in [0.25, 0.3) is 0 Å². The predicted octanol–water partition coefficient (Wildman–Crippen LogP) is 2.12. The maximum atomic E-state index is 8.56. The number of amidine groups is 1. The zero-order valence-corrected chi connectivity index (χ0v) is 9.90. The summed E-state index contributed by atoms with van der Waals surface area (Å²) in [6, 6.07) is 5.45. The van der Waals surface area contributed by atoms with Crippen LogP contribution >= 0.6 is 0 Å². The van der Waals surface area contributed by atoms with Gasteiger partial charge in [0.1, 0.15) is 5.75 Å². The first kappa shape index (κ1) is 12.4. The molecule has 0 fully saturated rings. The number of nitrogens with zero attached hydrogens (tertiary/aromatic N) is 1. The third kappa shape index (κ3) is 3.15. The fraction of sp³-hybridized carbons (Fsp3) is 0.417. The molecule has 0 aliphatic rings. The molecule has 0 spiro atoms. The minimum atomic E-state index is 0.110. The SMILES string of the molecule is Cc1cc(/C(N)=N/O)ccc1OCC(C)C. The lowest BCUT2D eigenvalue weighted by atomic mass is 10.1. The molecule has 0 saturated heterocycles. The van der Waals surface area contributed by atoms with E-state index in [1.807, 2.05) is 19.1 Å². The van der Waals surface area contributed by atoms with Crippen molar-refractivity contribution in [2.24, 2.45) is 16.8 Å². The maximum Gasteiger partial charge on any atom is 0.170 e. The second-order valence-electron chi connectivity index (χ2n) is 4.17. The van der Waals surface area contributed by atoms with Crippen LogP contribution in [0.3, 0.4) is 0 Å². The highest BCUT2D eigenvalue weighted by molar-refractivity contribution is 5.97. The van der Waals surface area contributed by atoms with Gasteiger partial charge >= 0.3 is 0 Å². The summed E-state index contributed by atoms with van der Waals surface area (Å²) < 4.78 is 5.62. The Balaban J connectivity index is 2.83. The van der Waals surface area contributed by atoms with Crippen LogP contribution in [0.25, 0.3) is 0 Å². The monoisotopic (exact) mass is 222 g/mol. The van der Waals surface area contributed by atoms with Crippen LogP contribution in [-0.2, 0) is 0 Å². The quantitative estimate of drug-likeness (QED) is 0.355. The molecule has 0 atom stereocenters. The molecule has 0 aromatic heterocycles.